The van der Waals surface area contributed by atoms with Crippen LogP contribution in [0.1, 0.15) is 24.0 Å². The number of carbonyl (C=O) groups is 1. The van der Waals surface area contributed by atoms with Gasteiger partial charge in [0.05, 0.1) is 11.5 Å². The molecule has 1 fully saturated rings. The first-order valence-electron chi connectivity index (χ1n) is 7.86. The summed E-state index contributed by atoms with van der Waals surface area (Å²) in [7, 11) is 0. The Morgan fingerprint density at radius 2 is 1.78 bits per heavy atom. The molecule has 0 aromatic heterocycles. The Kier molecular flexibility index (Phi) is 4.69. The Morgan fingerprint density at radius 3 is 2.39 bits per heavy atom. The van der Waals surface area contributed by atoms with Gasteiger partial charge in [0.15, 0.2) is 0 Å². The molecule has 1 atom stereocenters. The number of benzene rings is 2. The van der Waals surface area contributed by atoms with Gasteiger partial charge in [-0.1, -0.05) is 54.1 Å². The first kappa shape index (κ1) is 16.0. The third-order valence-electron chi connectivity index (χ3n) is 4.39. The van der Waals surface area contributed by atoms with Gasteiger partial charge in [-0.05, 0) is 36.1 Å². The summed E-state index contributed by atoms with van der Waals surface area (Å²) in [5.74, 6) is -0.00747. The molecular weight excluding hydrogens is 310 g/mol. The van der Waals surface area contributed by atoms with Crippen molar-refractivity contribution < 1.29 is 9.90 Å². The van der Waals surface area contributed by atoms with Crippen LogP contribution >= 0.6 is 11.6 Å². The van der Waals surface area contributed by atoms with Crippen LogP contribution < -0.4 is 5.32 Å². The highest BCUT2D eigenvalue weighted by Gasteiger charge is 2.51. The van der Waals surface area contributed by atoms with Crippen molar-refractivity contribution in [3.63, 3.8) is 0 Å². The van der Waals surface area contributed by atoms with Crippen molar-refractivity contribution in [2.24, 2.45) is 0 Å². The topological polar surface area (TPSA) is 49.3 Å². The molecule has 3 nitrogen and oxygen atoms in total. The summed E-state index contributed by atoms with van der Waals surface area (Å²) in [6.07, 6.45) is 1.64. The minimum absolute atomic E-state index is 0.00747. The lowest BCUT2D eigenvalue weighted by Crippen LogP contribution is -2.39. The van der Waals surface area contributed by atoms with Crippen LogP contribution in [0.2, 0.25) is 5.02 Å². The van der Waals surface area contributed by atoms with Crippen LogP contribution in [0.5, 0.6) is 0 Å². The molecule has 1 unspecified atom stereocenters. The maximum Gasteiger partial charge on any atom is 0.230 e. The molecule has 0 heterocycles. The van der Waals surface area contributed by atoms with Crippen molar-refractivity contribution in [2.45, 2.75) is 30.8 Å². The summed E-state index contributed by atoms with van der Waals surface area (Å²) in [6, 6.07) is 17.2. The number of rotatable bonds is 6. The van der Waals surface area contributed by atoms with Gasteiger partial charge in [-0.3, -0.25) is 4.79 Å². The van der Waals surface area contributed by atoms with E-state index in [0.717, 1.165) is 24.0 Å². The Hall–Kier alpha value is -1.84. The van der Waals surface area contributed by atoms with E-state index in [9.17, 15) is 9.90 Å². The smallest absolute Gasteiger partial charge is 0.230 e. The lowest BCUT2D eigenvalue weighted by molar-refractivity contribution is -0.124. The van der Waals surface area contributed by atoms with Gasteiger partial charge in [0.25, 0.3) is 0 Å². The van der Waals surface area contributed by atoms with E-state index in [1.807, 2.05) is 54.6 Å². The van der Waals surface area contributed by atoms with Crippen molar-refractivity contribution in [1.82, 2.24) is 5.32 Å². The average molecular weight is 330 g/mol. The van der Waals surface area contributed by atoms with Gasteiger partial charge in [0.2, 0.25) is 5.91 Å². The molecular formula is C19H20ClNO2. The molecule has 23 heavy (non-hydrogen) atoms. The number of amides is 1. The first-order valence-corrected chi connectivity index (χ1v) is 8.24. The molecule has 0 saturated heterocycles. The number of aliphatic hydroxyl groups is 1. The number of hydrogen-bond donors (Lipinski definition) is 2. The first-order chi connectivity index (χ1) is 11.1. The maximum atomic E-state index is 12.5. The second kappa shape index (κ2) is 6.73. The fourth-order valence-corrected chi connectivity index (χ4v) is 3.00. The highest BCUT2D eigenvalue weighted by molar-refractivity contribution is 6.30. The predicted molar refractivity (Wildman–Crippen MR) is 91.5 cm³/mol. The SMILES string of the molecule is O=C(NCC(O)Cc1ccccc1)C1(c2ccc(Cl)cc2)CC1. The summed E-state index contributed by atoms with van der Waals surface area (Å²) in [6.45, 7) is 0.267. The second-order valence-corrected chi connectivity index (χ2v) is 6.58. The molecule has 1 amide bonds. The molecule has 0 radical (unpaired) electrons. The van der Waals surface area contributed by atoms with Gasteiger partial charge in [0, 0.05) is 18.0 Å². The predicted octanol–water partition coefficient (Wildman–Crippen LogP) is 3.09. The van der Waals surface area contributed by atoms with E-state index in [-0.39, 0.29) is 12.5 Å². The van der Waals surface area contributed by atoms with Crippen molar-refractivity contribution in [3.05, 3.63) is 70.7 Å². The molecule has 2 N–H and O–H groups in total. The van der Waals surface area contributed by atoms with Crippen molar-refractivity contribution in [2.75, 3.05) is 6.54 Å². The molecule has 120 valence electrons. The summed E-state index contributed by atoms with van der Waals surface area (Å²) in [5, 5.41) is 13.7. The number of halogens is 1. The minimum Gasteiger partial charge on any atom is -0.391 e. The van der Waals surface area contributed by atoms with Crippen LogP contribution in [0.25, 0.3) is 0 Å². The largest absolute Gasteiger partial charge is 0.391 e. The van der Waals surface area contributed by atoms with Crippen molar-refractivity contribution in [3.8, 4) is 0 Å². The highest BCUT2D eigenvalue weighted by atomic mass is 35.5. The highest BCUT2D eigenvalue weighted by Crippen LogP contribution is 2.48. The van der Waals surface area contributed by atoms with E-state index in [1.165, 1.54) is 0 Å². The molecule has 2 aromatic carbocycles. The van der Waals surface area contributed by atoms with Crippen LogP contribution in [0.3, 0.4) is 0 Å². The van der Waals surface area contributed by atoms with E-state index in [4.69, 9.17) is 11.6 Å². The standard InChI is InChI=1S/C19H20ClNO2/c20-16-8-6-15(7-9-16)19(10-11-19)18(23)21-13-17(22)12-14-4-2-1-3-5-14/h1-9,17,22H,10-13H2,(H,21,23). The van der Waals surface area contributed by atoms with Crippen molar-refractivity contribution >= 4 is 17.5 Å². The van der Waals surface area contributed by atoms with Gasteiger partial charge in [-0.25, -0.2) is 0 Å². The van der Waals surface area contributed by atoms with Crippen molar-refractivity contribution in [1.29, 1.82) is 0 Å². The van der Waals surface area contributed by atoms with Gasteiger partial charge in [-0.15, -0.1) is 0 Å². The zero-order chi connectivity index (χ0) is 16.3. The lowest BCUT2D eigenvalue weighted by atomic mass is 9.95. The van der Waals surface area contributed by atoms with E-state index in [0.29, 0.717) is 11.4 Å². The number of carbonyl (C=O) groups excluding carboxylic acids is 1. The average Bonchev–Trinajstić information content (AvgIpc) is 3.36. The van der Waals surface area contributed by atoms with Gasteiger partial charge in [-0.2, -0.15) is 0 Å². The molecule has 0 bridgehead atoms. The second-order valence-electron chi connectivity index (χ2n) is 6.14. The van der Waals surface area contributed by atoms with Crippen LogP contribution in [0.4, 0.5) is 0 Å². The normalized spacial score (nSPS) is 16.6. The number of aliphatic hydroxyl groups excluding tert-OH is 1. The van der Waals surface area contributed by atoms with Crippen LogP contribution in [0.15, 0.2) is 54.6 Å². The quantitative estimate of drug-likeness (QED) is 0.855. The zero-order valence-corrected chi connectivity index (χ0v) is 13.6. The molecule has 3 rings (SSSR count). The molecule has 1 aliphatic carbocycles. The number of nitrogens with one attached hydrogen (secondary N) is 1. The number of hydrogen-bond acceptors (Lipinski definition) is 2. The van der Waals surface area contributed by atoms with Crippen LogP contribution in [-0.2, 0) is 16.6 Å². The zero-order valence-electron chi connectivity index (χ0n) is 12.8. The molecule has 0 spiro atoms. The Bertz CT molecular complexity index is 666. The Balaban J connectivity index is 1.56. The lowest BCUT2D eigenvalue weighted by Gasteiger charge is -2.18. The molecule has 4 heteroatoms. The third-order valence-corrected chi connectivity index (χ3v) is 4.65. The summed E-state index contributed by atoms with van der Waals surface area (Å²) in [4.78, 5) is 12.5. The summed E-state index contributed by atoms with van der Waals surface area (Å²) in [5.41, 5.74) is 1.63. The third kappa shape index (κ3) is 3.74. The van der Waals surface area contributed by atoms with Gasteiger partial charge in [0.1, 0.15) is 0 Å². The van der Waals surface area contributed by atoms with Crippen LogP contribution in [-0.4, -0.2) is 23.7 Å². The monoisotopic (exact) mass is 329 g/mol. The van der Waals surface area contributed by atoms with E-state index in [1.54, 1.807) is 0 Å². The minimum atomic E-state index is -0.581. The van der Waals surface area contributed by atoms with Crippen LogP contribution in [0, 0.1) is 0 Å². The van der Waals surface area contributed by atoms with E-state index < -0.39 is 11.5 Å². The molecule has 2 aromatic rings. The van der Waals surface area contributed by atoms with Gasteiger partial charge < -0.3 is 10.4 Å². The summed E-state index contributed by atoms with van der Waals surface area (Å²) < 4.78 is 0. The molecule has 1 saturated carbocycles. The van der Waals surface area contributed by atoms with E-state index in [2.05, 4.69) is 5.32 Å². The van der Waals surface area contributed by atoms with Gasteiger partial charge >= 0.3 is 0 Å². The Morgan fingerprint density at radius 1 is 1.13 bits per heavy atom. The fourth-order valence-electron chi connectivity index (χ4n) is 2.88. The van der Waals surface area contributed by atoms with E-state index >= 15 is 0 Å². The fraction of sp³-hybridized carbons (Fsp3) is 0.316. The Labute approximate surface area is 141 Å². The molecule has 0 aliphatic heterocycles. The molecule has 1 aliphatic rings. The maximum absolute atomic E-state index is 12.5. The summed E-state index contributed by atoms with van der Waals surface area (Å²) >= 11 is 5.91.